The van der Waals surface area contributed by atoms with E-state index in [2.05, 4.69) is 51.9 Å². The molecule has 0 radical (unpaired) electrons. The lowest BCUT2D eigenvalue weighted by Crippen LogP contribution is -2.31. The molecule has 2 heterocycles. The molecule has 1 saturated heterocycles. The predicted molar refractivity (Wildman–Crippen MR) is 109 cm³/mol. The largest absolute Gasteiger partial charge is 0.367 e. The molecular weight excluding hydrogens is 334 g/mol. The minimum Gasteiger partial charge on any atom is -0.367 e. The van der Waals surface area contributed by atoms with E-state index in [-0.39, 0.29) is 17.2 Å². The lowest BCUT2D eigenvalue weighted by atomic mass is 9.91. The molecule has 5 rings (SSSR count). The number of piperidine rings is 1. The fraction of sp³-hybridized carbons (Fsp3) is 0.435. The van der Waals surface area contributed by atoms with Gasteiger partial charge in [-0.25, -0.2) is 0 Å². The van der Waals surface area contributed by atoms with Gasteiger partial charge < -0.3 is 15.5 Å². The van der Waals surface area contributed by atoms with Crippen LogP contribution in [0.2, 0.25) is 0 Å². The zero-order valence-corrected chi connectivity index (χ0v) is 15.7. The smallest absolute Gasteiger partial charge is 0.228 e. The second kappa shape index (κ2) is 6.68. The van der Waals surface area contributed by atoms with Crippen LogP contribution < -0.4 is 15.5 Å². The number of hydrogen-bond acceptors (Lipinski definition) is 3. The van der Waals surface area contributed by atoms with Crippen molar-refractivity contribution in [1.29, 1.82) is 0 Å². The molecule has 2 N–H and O–H groups in total. The number of rotatable bonds is 4. The molecule has 2 aromatic rings. The van der Waals surface area contributed by atoms with E-state index in [0.29, 0.717) is 0 Å². The summed E-state index contributed by atoms with van der Waals surface area (Å²) in [7, 11) is 0. The monoisotopic (exact) mass is 361 g/mol. The number of fused-ring (bicyclic) bond motifs is 1. The molecule has 0 aromatic heterocycles. The number of nitrogens with one attached hydrogen (secondary N) is 2. The van der Waals surface area contributed by atoms with Crippen molar-refractivity contribution in [3.8, 4) is 0 Å². The highest BCUT2D eigenvalue weighted by atomic mass is 16.2. The summed E-state index contributed by atoms with van der Waals surface area (Å²) < 4.78 is 0. The van der Waals surface area contributed by atoms with E-state index < -0.39 is 0 Å². The Balaban J connectivity index is 1.30. The van der Waals surface area contributed by atoms with Crippen molar-refractivity contribution >= 4 is 17.3 Å². The SMILES string of the molecule is O=C(Nc1ccccc1CN1CCc2ccccc21)C1CC12CCNCC2. The minimum absolute atomic E-state index is 0.195. The Morgan fingerprint density at radius 2 is 1.89 bits per heavy atom. The normalized spacial score (nSPS) is 22.5. The van der Waals surface area contributed by atoms with Crippen LogP contribution in [0, 0.1) is 11.3 Å². The molecule has 1 amide bonds. The van der Waals surface area contributed by atoms with Gasteiger partial charge in [0.1, 0.15) is 0 Å². The Kier molecular flexibility index (Phi) is 4.16. The van der Waals surface area contributed by atoms with Crippen molar-refractivity contribution < 1.29 is 4.79 Å². The number of benzene rings is 2. The van der Waals surface area contributed by atoms with Crippen LogP contribution in [-0.4, -0.2) is 25.5 Å². The fourth-order valence-electron chi connectivity index (χ4n) is 4.97. The summed E-state index contributed by atoms with van der Waals surface area (Å²) >= 11 is 0. The Bertz CT molecular complexity index is 856. The highest BCUT2D eigenvalue weighted by Crippen LogP contribution is 2.58. The quantitative estimate of drug-likeness (QED) is 0.875. The molecule has 4 heteroatoms. The van der Waals surface area contributed by atoms with Crippen molar-refractivity contribution in [1.82, 2.24) is 5.32 Å². The highest BCUT2D eigenvalue weighted by Gasteiger charge is 2.57. The molecule has 2 aromatic carbocycles. The summed E-state index contributed by atoms with van der Waals surface area (Å²) in [5, 5.41) is 6.67. The summed E-state index contributed by atoms with van der Waals surface area (Å²) in [6.07, 6.45) is 4.43. The first kappa shape index (κ1) is 16.8. The van der Waals surface area contributed by atoms with Gasteiger partial charge in [0.2, 0.25) is 5.91 Å². The number of para-hydroxylation sites is 2. The first-order valence-electron chi connectivity index (χ1n) is 10.2. The molecule has 1 unspecified atom stereocenters. The highest BCUT2D eigenvalue weighted by molar-refractivity contribution is 5.95. The average molecular weight is 361 g/mol. The summed E-state index contributed by atoms with van der Waals surface area (Å²) in [6, 6.07) is 16.9. The molecule has 4 nitrogen and oxygen atoms in total. The standard InChI is InChI=1S/C23H27N3O/c27-22(19-15-23(19)10-12-24-13-11-23)25-20-7-3-1-6-18(20)16-26-14-9-17-5-2-4-8-21(17)26/h1-8,19,24H,9-16H2,(H,25,27). The van der Waals surface area contributed by atoms with Gasteiger partial charge >= 0.3 is 0 Å². The van der Waals surface area contributed by atoms with Crippen LogP contribution in [0.5, 0.6) is 0 Å². The maximum absolute atomic E-state index is 12.9. The van der Waals surface area contributed by atoms with E-state index >= 15 is 0 Å². The van der Waals surface area contributed by atoms with E-state index in [4.69, 9.17) is 0 Å². The Morgan fingerprint density at radius 3 is 2.78 bits per heavy atom. The summed E-state index contributed by atoms with van der Waals surface area (Å²) in [5.74, 6) is 0.409. The van der Waals surface area contributed by atoms with E-state index in [9.17, 15) is 4.79 Å². The molecule has 1 aliphatic carbocycles. The van der Waals surface area contributed by atoms with Crippen molar-refractivity contribution in [3.63, 3.8) is 0 Å². The molecule has 140 valence electrons. The third kappa shape index (κ3) is 3.12. The molecule has 2 aliphatic heterocycles. The van der Waals surface area contributed by atoms with Crippen LogP contribution in [0.15, 0.2) is 48.5 Å². The van der Waals surface area contributed by atoms with Crippen molar-refractivity contribution in [2.75, 3.05) is 29.9 Å². The molecule has 1 saturated carbocycles. The summed E-state index contributed by atoms with van der Waals surface area (Å²) in [6.45, 7) is 3.98. The molecule has 2 fully saturated rings. The number of carbonyl (C=O) groups is 1. The van der Waals surface area contributed by atoms with Gasteiger partial charge in [0.15, 0.2) is 0 Å². The Hall–Kier alpha value is -2.33. The van der Waals surface area contributed by atoms with E-state index in [0.717, 1.165) is 57.5 Å². The van der Waals surface area contributed by atoms with Crippen molar-refractivity contribution in [3.05, 3.63) is 59.7 Å². The van der Waals surface area contributed by atoms with Gasteiger partial charge in [0, 0.05) is 30.4 Å². The van der Waals surface area contributed by atoms with Crippen LogP contribution in [-0.2, 0) is 17.8 Å². The van der Waals surface area contributed by atoms with Crippen molar-refractivity contribution in [2.45, 2.75) is 32.2 Å². The molecular formula is C23H27N3O. The van der Waals surface area contributed by atoms with Gasteiger partial charge in [-0.15, -0.1) is 0 Å². The summed E-state index contributed by atoms with van der Waals surface area (Å²) in [5.41, 5.74) is 5.20. The van der Waals surface area contributed by atoms with Crippen LogP contribution in [0.3, 0.4) is 0 Å². The minimum atomic E-state index is 0.195. The van der Waals surface area contributed by atoms with Crippen molar-refractivity contribution in [2.24, 2.45) is 11.3 Å². The number of anilines is 2. The predicted octanol–water partition coefficient (Wildman–Crippen LogP) is 3.58. The van der Waals surface area contributed by atoms with Gasteiger partial charge in [-0.1, -0.05) is 36.4 Å². The van der Waals surface area contributed by atoms with E-state index in [1.807, 2.05) is 12.1 Å². The maximum Gasteiger partial charge on any atom is 0.228 e. The fourth-order valence-corrected chi connectivity index (χ4v) is 4.97. The molecule has 1 spiro atoms. The van der Waals surface area contributed by atoms with Gasteiger partial charge in [0.25, 0.3) is 0 Å². The van der Waals surface area contributed by atoms with Crippen LogP contribution >= 0.6 is 0 Å². The second-order valence-corrected chi connectivity index (χ2v) is 8.32. The average Bonchev–Trinajstić information content (AvgIpc) is 3.24. The van der Waals surface area contributed by atoms with Crippen LogP contribution in [0.25, 0.3) is 0 Å². The zero-order chi connectivity index (χ0) is 18.3. The van der Waals surface area contributed by atoms with Crippen LogP contribution in [0.4, 0.5) is 11.4 Å². The third-order valence-electron chi connectivity index (χ3n) is 6.73. The number of hydrogen-bond donors (Lipinski definition) is 2. The first-order chi connectivity index (χ1) is 13.3. The van der Waals surface area contributed by atoms with Gasteiger partial charge in [0.05, 0.1) is 0 Å². The zero-order valence-electron chi connectivity index (χ0n) is 15.7. The lowest BCUT2D eigenvalue weighted by Gasteiger charge is -2.24. The molecule has 1 atom stereocenters. The number of amides is 1. The first-order valence-corrected chi connectivity index (χ1v) is 10.2. The third-order valence-corrected chi connectivity index (χ3v) is 6.73. The lowest BCUT2D eigenvalue weighted by molar-refractivity contribution is -0.118. The number of carbonyl (C=O) groups excluding carboxylic acids is 1. The Labute approximate surface area is 161 Å². The Morgan fingerprint density at radius 1 is 1.11 bits per heavy atom. The van der Waals surface area contributed by atoms with Gasteiger partial charge in [-0.2, -0.15) is 0 Å². The maximum atomic E-state index is 12.9. The molecule has 0 bridgehead atoms. The van der Waals surface area contributed by atoms with Gasteiger partial charge in [-0.05, 0) is 67.4 Å². The second-order valence-electron chi connectivity index (χ2n) is 8.32. The van der Waals surface area contributed by atoms with Gasteiger partial charge in [-0.3, -0.25) is 4.79 Å². The van der Waals surface area contributed by atoms with Crippen LogP contribution in [0.1, 0.15) is 30.4 Å². The van der Waals surface area contributed by atoms with E-state index in [1.165, 1.54) is 16.8 Å². The molecule has 3 aliphatic rings. The number of nitrogens with zero attached hydrogens (tertiary/aromatic N) is 1. The van der Waals surface area contributed by atoms with E-state index in [1.54, 1.807) is 0 Å². The summed E-state index contributed by atoms with van der Waals surface area (Å²) in [4.78, 5) is 15.3. The molecule has 27 heavy (non-hydrogen) atoms. The topological polar surface area (TPSA) is 44.4 Å².